The van der Waals surface area contributed by atoms with Crippen molar-refractivity contribution in [3.05, 3.63) is 0 Å². The average Bonchev–Trinajstić information content (AvgIpc) is 3.10. The van der Waals surface area contributed by atoms with E-state index < -0.39 is 6.17 Å². The summed E-state index contributed by atoms with van der Waals surface area (Å²) in [4.78, 5) is 26.4. The normalized spacial score (nSPS) is 37.8. The van der Waals surface area contributed by atoms with Gasteiger partial charge in [-0.05, 0) is 44.6 Å². The Balaban J connectivity index is 1.48. The first kappa shape index (κ1) is 19.5. The minimum absolute atomic E-state index is 0.0111. The zero-order valence-electron chi connectivity index (χ0n) is 16.0. The van der Waals surface area contributed by atoms with Gasteiger partial charge in [0.2, 0.25) is 11.8 Å². The summed E-state index contributed by atoms with van der Waals surface area (Å²) < 4.78 is 14.2. The molecule has 3 rings (SSSR count). The molecule has 2 aliphatic heterocycles. The second-order valence-corrected chi connectivity index (χ2v) is 8.29. The van der Waals surface area contributed by atoms with Crippen molar-refractivity contribution >= 4 is 11.8 Å². The lowest BCUT2D eigenvalue weighted by molar-refractivity contribution is -0.124. The Kier molecular flexibility index (Phi) is 6.51. The zero-order valence-corrected chi connectivity index (χ0v) is 16.0. The number of carbonyl (C=O) groups excluding carboxylic acids is 2. The van der Waals surface area contributed by atoms with Crippen LogP contribution in [0.25, 0.3) is 0 Å². The van der Waals surface area contributed by atoms with Crippen molar-refractivity contribution in [2.45, 2.75) is 69.7 Å². The van der Waals surface area contributed by atoms with Crippen LogP contribution in [-0.4, -0.2) is 67.7 Å². The van der Waals surface area contributed by atoms with E-state index in [0.29, 0.717) is 25.2 Å². The van der Waals surface area contributed by atoms with E-state index in [1.807, 2.05) is 0 Å². The number of halogens is 1. The molecule has 3 aliphatic rings. The number of piperidine rings is 1. The van der Waals surface area contributed by atoms with Crippen LogP contribution in [0.15, 0.2) is 0 Å². The lowest BCUT2D eigenvalue weighted by Crippen LogP contribution is -2.53. The molecule has 7 heteroatoms. The molecule has 0 aromatic heterocycles. The molecule has 0 aromatic carbocycles. The molecular weight excluding hydrogens is 335 g/mol. The van der Waals surface area contributed by atoms with Crippen molar-refractivity contribution in [3.63, 3.8) is 0 Å². The SMILES string of the molecule is CNC(=O)CCN1CCCC(NC(=O)C2CC3C(F)CCC(C)C3N2)C1. The first-order valence-electron chi connectivity index (χ1n) is 10.1. The molecule has 6 atom stereocenters. The summed E-state index contributed by atoms with van der Waals surface area (Å²) in [5.41, 5.74) is 0. The maximum atomic E-state index is 14.2. The molecule has 148 valence electrons. The second kappa shape index (κ2) is 8.65. The highest BCUT2D eigenvalue weighted by Crippen LogP contribution is 2.38. The van der Waals surface area contributed by atoms with E-state index in [2.05, 4.69) is 27.8 Å². The molecule has 0 aromatic rings. The number of hydrogen-bond donors (Lipinski definition) is 3. The van der Waals surface area contributed by atoms with Crippen LogP contribution in [0.2, 0.25) is 0 Å². The molecule has 0 radical (unpaired) electrons. The first-order chi connectivity index (χ1) is 12.5. The highest BCUT2D eigenvalue weighted by Gasteiger charge is 2.46. The molecule has 2 amide bonds. The smallest absolute Gasteiger partial charge is 0.237 e. The Morgan fingerprint density at radius 3 is 2.81 bits per heavy atom. The molecular formula is C19H33FN4O2. The predicted octanol–water partition coefficient (Wildman–Crippen LogP) is 0.818. The molecule has 1 aliphatic carbocycles. The lowest BCUT2D eigenvalue weighted by atomic mass is 9.77. The van der Waals surface area contributed by atoms with E-state index in [-0.39, 0.29) is 35.9 Å². The lowest BCUT2D eigenvalue weighted by Gasteiger charge is -2.34. The summed E-state index contributed by atoms with van der Waals surface area (Å²) >= 11 is 0. The van der Waals surface area contributed by atoms with Gasteiger partial charge >= 0.3 is 0 Å². The summed E-state index contributed by atoms with van der Waals surface area (Å²) in [5, 5.41) is 9.21. The van der Waals surface area contributed by atoms with Crippen LogP contribution >= 0.6 is 0 Å². The van der Waals surface area contributed by atoms with E-state index in [9.17, 15) is 14.0 Å². The molecule has 0 bridgehead atoms. The van der Waals surface area contributed by atoms with Crippen LogP contribution in [0.3, 0.4) is 0 Å². The number of amides is 2. The van der Waals surface area contributed by atoms with Gasteiger partial charge in [0, 0.05) is 44.6 Å². The first-order valence-corrected chi connectivity index (χ1v) is 10.1. The van der Waals surface area contributed by atoms with Crippen molar-refractivity contribution in [3.8, 4) is 0 Å². The third kappa shape index (κ3) is 4.55. The molecule has 3 N–H and O–H groups in total. The maximum absolute atomic E-state index is 14.2. The molecule has 2 heterocycles. The van der Waals surface area contributed by atoms with Gasteiger partial charge in [0.25, 0.3) is 0 Å². The zero-order chi connectivity index (χ0) is 18.7. The van der Waals surface area contributed by atoms with Crippen LogP contribution in [0.4, 0.5) is 4.39 Å². The molecule has 1 saturated carbocycles. The van der Waals surface area contributed by atoms with Gasteiger partial charge in [-0.2, -0.15) is 0 Å². The van der Waals surface area contributed by atoms with E-state index in [1.165, 1.54) is 0 Å². The minimum atomic E-state index is -0.781. The fraction of sp³-hybridized carbons (Fsp3) is 0.895. The Morgan fingerprint density at radius 2 is 2.08 bits per heavy atom. The summed E-state index contributed by atoms with van der Waals surface area (Å²) in [6, 6.07) is -0.0288. The van der Waals surface area contributed by atoms with Crippen LogP contribution in [0.1, 0.15) is 45.4 Å². The Labute approximate surface area is 155 Å². The predicted molar refractivity (Wildman–Crippen MR) is 98.4 cm³/mol. The highest BCUT2D eigenvalue weighted by molar-refractivity contribution is 5.82. The minimum Gasteiger partial charge on any atom is -0.359 e. The van der Waals surface area contributed by atoms with Crippen LogP contribution in [-0.2, 0) is 9.59 Å². The van der Waals surface area contributed by atoms with Crippen molar-refractivity contribution in [2.75, 3.05) is 26.7 Å². The standard InChI is InChI=1S/C19H33FN4O2/c1-12-5-6-15(20)14-10-16(23-18(12)14)19(26)22-13-4-3-8-24(11-13)9-7-17(25)21-2/h12-16,18,23H,3-11H2,1-2H3,(H,21,25)(H,22,26). The Hall–Kier alpha value is -1.21. The van der Waals surface area contributed by atoms with Crippen molar-refractivity contribution in [1.82, 2.24) is 20.9 Å². The van der Waals surface area contributed by atoms with Gasteiger partial charge in [0.1, 0.15) is 6.17 Å². The summed E-state index contributed by atoms with van der Waals surface area (Å²) in [6.45, 7) is 4.63. The average molecular weight is 368 g/mol. The summed E-state index contributed by atoms with van der Waals surface area (Å²) in [6.07, 6.45) is 3.82. The fourth-order valence-electron chi connectivity index (χ4n) is 4.86. The maximum Gasteiger partial charge on any atom is 0.237 e. The monoisotopic (exact) mass is 368 g/mol. The summed E-state index contributed by atoms with van der Waals surface area (Å²) in [7, 11) is 1.65. The number of alkyl halides is 1. The molecule has 6 unspecified atom stereocenters. The topological polar surface area (TPSA) is 73.5 Å². The Bertz CT molecular complexity index is 500. The largest absolute Gasteiger partial charge is 0.359 e. The number of nitrogens with zero attached hydrogens (tertiary/aromatic N) is 1. The van der Waals surface area contributed by atoms with E-state index in [4.69, 9.17) is 0 Å². The van der Waals surface area contributed by atoms with Crippen LogP contribution in [0, 0.1) is 11.8 Å². The van der Waals surface area contributed by atoms with Gasteiger partial charge in [-0.25, -0.2) is 4.39 Å². The van der Waals surface area contributed by atoms with E-state index in [0.717, 1.165) is 38.9 Å². The number of likely N-dealkylation sites (tertiary alicyclic amines) is 1. The molecule has 0 spiro atoms. The summed E-state index contributed by atoms with van der Waals surface area (Å²) in [5.74, 6) is 0.463. The van der Waals surface area contributed by atoms with Gasteiger partial charge in [0.05, 0.1) is 6.04 Å². The number of hydrogen-bond acceptors (Lipinski definition) is 4. The molecule has 6 nitrogen and oxygen atoms in total. The van der Waals surface area contributed by atoms with Gasteiger partial charge in [0.15, 0.2) is 0 Å². The van der Waals surface area contributed by atoms with Gasteiger partial charge in [-0.3, -0.25) is 9.59 Å². The van der Waals surface area contributed by atoms with Gasteiger partial charge in [-0.15, -0.1) is 0 Å². The van der Waals surface area contributed by atoms with Crippen LogP contribution < -0.4 is 16.0 Å². The van der Waals surface area contributed by atoms with E-state index in [1.54, 1.807) is 7.05 Å². The number of rotatable bonds is 5. The third-order valence-corrected chi connectivity index (χ3v) is 6.44. The van der Waals surface area contributed by atoms with Crippen molar-refractivity contribution < 1.29 is 14.0 Å². The third-order valence-electron chi connectivity index (χ3n) is 6.44. The second-order valence-electron chi connectivity index (χ2n) is 8.29. The molecule has 26 heavy (non-hydrogen) atoms. The molecule has 2 saturated heterocycles. The van der Waals surface area contributed by atoms with E-state index >= 15 is 0 Å². The number of carbonyl (C=O) groups is 2. The fourth-order valence-corrected chi connectivity index (χ4v) is 4.86. The highest BCUT2D eigenvalue weighted by atomic mass is 19.1. The number of fused-ring (bicyclic) bond motifs is 1. The van der Waals surface area contributed by atoms with Crippen LogP contribution in [0.5, 0.6) is 0 Å². The Morgan fingerprint density at radius 1 is 1.27 bits per heavy atom. The van der Waals surface area contributed by atoms with Gasteiger partial charge < -0.3 is 20.9 Å². The van der Waals surface area contributed by atoms with Crippen molar-refractivity contribution in [1.29, 1.82) is 0 Å². The molecule has 3 fully saturated rings. The van der Waals surface area contributed by atoms with Gasteiger partial charge in [-0.1, -0.05) is 6.92 Å². The van der Waals surface area contributed by atoms with Crippen molar-refractivity contribution in [2.24, 2.45) is 11.8 Å². The quantitative estimate of drug-likeness (QED) is 0.672. The number of nitrogens with one attached hydrogen (secondary N) is 3.